The normalized spacial score (nSPS) is 11.5. The Labute approximate surface area is 199 Å². The molecule has 3 nitrogen and oxygen atoms in total. The van der Waals surface area contributed by atoms with E-state index in [0.29, 0.717) is 5.56 Å². The minimum absolute atomic E-state index is 0.106. The van der Waals surface area contributed by atoms with E-state index in [9.17, 15) is 10.1 Å². The average molecular weight is 444 g/mol. The lowest BCUT2D eigenvalue weighted by Crippen LogP contribution is -1.95. The Hall–Kier alpha value is -4.24. The molecule has 3 heteroatoms. The van der Waals surface area contributed by atoms with E-state index in [4.69, 9.17) is 0 Å². The van der Waals surface area contributed by atoms with Crippen LogP contribution in [-0.2, 0) is 0 Å². The van der Waals surface area contributed by atoms with Crippen LogP contribution < -0.4 is 0 Å². The number of nitro benzene ring substituents is 1. The zero-order chi connectivity index (χ0) is 23.8. The second kappa shape index (κ2) is 8.60. The second-order valence-electron chi connectivity index (χ2n) is 8.80. The van der Waals surface area contributed by atoms with E-state index in [0.717, 1.165) is 16.3 Å². The molecule has 0 radical (unpaired) electrons. The maximum absolute atomic E-state index is 11.5. The molecule has 0 aromatic heterocycles. The predicted molar refractivity (Wildman–Crippen MR) is 143 cm³/mol. The summed E-state index contributed by atoms with van der Waals surface area (Å²) in [5.74, 6) is 0. The summed E-state index contributed by atoms with van der Waals surface area (Å²) in [4.78, 5) is 11.2. The molecule has 0 heterocycles. The van der Waals surface area contributed by atoms with Crippen molar-refractivity contribution in [2.75, 3.05) is 0 Å². The molecular weight excluding hydrogens is 418 g/mol. The summed E-state index contributed by atoms with van der Waals surface area (Å²) >= 11 is 0. The third-order valence-electron chi connectivity index (χ3n) is 6.46. The Balaban J connectivity index is 1.85. The summed E-state index contributed by atoms with van der Waals surface area (Å²) in [5, 5.41) is 16.1. The molecule has 0 fully saturated rings. The standard InChI is InChI=1S/C31H25NO2/c1-20-18-21(2)30(22(3)19-20)31-27-13-7-5-11-24(27)26(25-12-6-8-14-28(25)31)17-16-23-10-4-9-15-29(23)32(33)34/h4-19H,1-3H3/b17-16+. The fourth-order valence-electron chi connectivity index (χ4n) is 5.15. The molecule has 0 bridgehead atoms. The van der Waals surface area contributed by atoms with Gasteiger partial charge in [-0.25, -0.2) is 0 Å². The first kappa shape index (κ1) is 21.6. The molecule has 0 amide bonds. The Morgan fingerprint density at radius 1 is 0.647 bits per heavy atom. The van der Waals surface area contributed by atoms with Crippen molar-refractivity contribution >= 4 is 39.4 Å². The van der Waals surface area contributed by atoms with E-state index in [2.05, 4.69) is 81.4 Å². The highest BCUT2D eigenvalue weighted by molar-refractivity contribution is 6.18. The van der Waals surface area contributed by atoms with Crippen LogP contribution in [0.4, 0.5) is 5.69 Å². The Morgan fingerprint density at radius 2 is 1.15 bits per heavy atom. The first-order chi connectivity index (χ1) is 16.5. The van der Waals surface area contributed by atoms with Crippen LogP contribution in [0.25, 0.3) is 44.8 Å². The van der Waals surface area contributed by atoms with Crippen molar-refractivity contribution in [3.05, 3.63) is 123 Å². The van der Waals surface area contributed by atoms with Gasteiger partial charge in [-0.05, 0) is 82.3 Å². The number of aryl methyl sites for hydroxylation is 3. The number of nitrogens with zero attached hydrogens (tertiary/aromatic N) is 1. The lowest BCUT2D eigenvalue weighted by molar-refractivity contribution is -0.385. The lowest BCUT2D eigenvalue weighted by Gasteiger charge is -2.19. The van der Waals surface area contributed by atoms with Crippen LogP contribution in [0.2, 0.25) is 0 Å². The summed E-state index contributed by atoms with van der Waals surface area (Å²) in [6.07, 6.45) is 3.88. The SMILES string of the molecule is Cc1cc(C)c(-c2c3ccccc3c(/C=C/c3ccccc3[N+](=O)[O-])c3ccccc23)c(C)c1. The molecule has 5 aromatic rings. The maximum Gasteiger partial charge on any atom is 0.276 e. The predicted octanol–water partition coefficient (Wildman–Crippen LogP) is 8.66. The number of hydrogen-bond donors (Lipinski definition) is 0. The van der Waals surface area contributed by atoms with Crippen molar-refractivity contribution in [3.8, 4) is 11.1 Å². The van der Waals surface area contributed by atoms with Crippen molar-refractivity contribution < 1.29 is 4.92 Å². The van der Waals surface area contributed by atoms with E-state index in [1.165, 1.54) is 38.6 Å². The first-order valence-corrected chi connectivity index (χ1v) is 11.4. The van der Waals surface area contributed by atoms with E-state index in [1.54, 1.807) is 18.2 Å². The van der Waals surface area contributed by atoms with Gasteiger partial charge in [0.05, 0.1) is 10.5 Å². The van der Waals surface area contributed by atoms with Crippen molar-refractivity contribution in [2.45, 2.75) is 20.8 Å². The van der Waals surface area contributed by atoms with Gasteiger partial charge in [0, 0.05) is 6.07 Å². The van der Waals surface area contributed by atoms with Crippen LogP contribution in [0.15, 0.2) is 84.9 Å². The summed E-state index contributed by atoms with van der Waals surface area (Å²) in [5.41, 5.74) is 8.06. The monoisotopic (exact) mass is 443 g/mol. The van der Waals surface area contributed by atoms with Gasteiger partial charge in [0.1, 0.15) is 0 Å². The van der Waals surface area contributed by atoms with Gasteiger partial charge in [-0.3, -0.25) is 10.1 Å². The summed E-state index contributed by atoms with van der Waals surface area (Å²) in [7, 11) is 0. The molecule has 0 aliphatic rings. The molecule has 0 aliphatic carbocycles. The first-order valence-electron chi connectivity index (χ1n) is 11.4. The quantitative estimate of drug-likeness (QED) is 0.121. The molecule has 0 atom stereocenters. The van der Waals surface area contributed by atoms with Crippen molar-refractivity contribution in [1.29, 1.82) is 0 Å². The zero-order valence-electron chi connectivity index (χ0n) is 19.5. The highest BCUT2D eigenvalue weighted by Crippen LogP contribution is 2.42. The molecule has 0 saturated carbocycles. The van der Waals surface area contributed by atoms with E-state index >= 15 is 0 Å². The number of rotatable bonds is 4. The Morgan fingerprint density at radius 3 is 1.71 bits per heavy atom. The second-order valence-corrected chi connectivity index (χ2v) is 8.80. The van der Waals surface area contributed by atoms with Gasteiger partial charge in [-0.2, -0.15) is 0 Å². The highest BCUT2D eigenvalue weighted by Gasteiger charge is 2.17. The molecule has 0 aliphatic heterocycles. The third-order valence-corrected chi connectivity index (χ3v) is 6.46. The summed E-state index contributed by atoms with van der Waals surface area (Å²) in [6, 6.07) is 28.2. The average Bonchev–Trinajstić information content (AvgIpc) is 2.82. The minimum Gasteiger partial charge on any atom is -0.258 e. The fraction of sp³-hybridized carbons (Fsp3) is 0.0968. The molecule has 5 rings (SSSR count). The topological polar surface area (TPSA) is 43.1 Å². The lowest BCUT2D eigenvalue weighted by atomic mass is 9.84. The summed E-state index contributed by atoms with van der Waals surface area (Å²) < 4.78 is 0. The van der Waals surface area contributed by atoms with Crippen LogP contribution in [0, 0.1) is 30.9 Å². The minimum atomic E-state index is -0.331. The van der Waals surface area contributed by atoms with Gasteiger partial charge < -0.3 is 0 Å². The number of para-hydroxylation sites is 1. The van der Waals surface area contributed by atoms with Gasteiger partial charge in [-0.1, -0.05) is 84.4 Å². The number of nitro groups is 1. The molecule has 0 saturated heterocycles. The Bertz CT molecular complexity index is 1530. The van der Waals surface area contributed by atoms with Gasteiger partial charge in [0.15, 0.2) is 0 Å². The largest absolute Gasteiger partial charge is 0.276 e. The third kappa shape index (κ3) is 3.65. The zero-order valence-corrected chi connectivity index (χ0v) is 19.5. The summed E-state index contributed by atoms with van der Waals surface area (Å²) in [6.45, 7) is 6.50. The number of fused-ring (bicyclic) bond motifs is 2. The molecule has 0 unspecified atom stereocenters. The number of hydrogen-bond acceptors (Lipinski definition) is 2. The van der Waals surface area contributed by atoms with E-state index in [-0.39, 0.29) is 10.6 Å². The van der Waals surface area contributed by atoms with Crippen LogP contribution in [0.5, 0.6) is 0 Å². The fourth-order valence-corrected chi connectivity index (χ4v) is 5.15. The van der Waals surface area contributed by atoms with Crippen LogP contribution >= 0.6 is 0 Å². The van der Waals surface area contributed by atoms with E-state index in [1.807, 2.05) is 18.2 Å². The molecule has 166 valence electrons. The van der Waals surface area contributed by atoms with Gasteiger partial charge >= 0.3 is 0 Å². The van der Waals surface area contributed by atoms with Crippen molar-refractivity contribution in [3.63, 3.8) is 0 Å². The number of benzene rings is 5. The molecular formula is C31H25NO2. The van der Waals surface area contributed by atoms with E-state index < -0.39 is 0 Å². The highest BCUT2D eigenvalue weighted by atomic mass is 16.6. The maximum atomic E-state index is 11.5. The van der Waals surface area contributed by atoms with Gasteiger partial charge in [-0.15, -0.1) is 0 Å². The Kier molecular flexibility index (Phi) is 5.46. The molecule has 0 spiro atoms. The molecule has 34 heavy (non-hydrogen) atoms. The van der Waals surface area contributed by atoms with Crippen LogP contribution in [0.1, 0.15) is 27.8 Å². The van der Waals surface area contributed by atoms with Gasteiger partial charge in [0.25, 0.3) is 5.69 Å². The smallest absolute Gasteiger partial charge is 0.258 e. The van der Waals surface area contributed by atoms with Crippen molar-refractivity contribution in [2.24, 2.45) is 0 Å². The molecule has 0 N–H and O–H groups in total. The molecule has 5 aromatic carbocycles. The van der Waals surface area contributed by atoms with Crippen LogP contribution in [-0.4, -0.2) is 4.92 Å². The van der Waals surface area contributed by atoms with Crippen molar-refractivity contribution in [1.82, 2.24) is 0 Å². The van der Waals surface area contributed by atoms with Crippen LogP contribution in [0.3, 0.4) is 0 Å². The van der Waals surface area contributed by atoms with Gasteiger partial charge in [0.2, 0.25) is 0 Å².